The van der Waals surface area contributed by atoms with E-state index in [0.29, 0.717) is 0 Å². The summed E-state index contributed by atoms with van der Waals surface area (Å²) in [7, 11) is 1.67. The first-order valence-electron chi connectivity index (χ1n) is 6.58. The number of hydrogen-bond donors (Lipinski definition) is 2. The van der Waals surface area contributed by atoms with Crippen LogP contribution in [0, 0.1) is 5.41 Å². The molecule has 0 aliphatic heterocycles. The number of carbonyl (C=O) groups is 2. The third kappa shape index (κ3) is 3.22. The van der Waals surface area contributed by atoms with Crippen LogP contribution in [-0.2, 0) is 9.59 Å². The fourth-order valence-corrected chi connectivity index (χ4v) is 2.55. The zero-order chi connectivity index (χ0) is 13.9. The normalized spacial score (nSPS) is 27.3. The molecule has 3 N–H and O–H groups in total. The van der Waals surface area contributed by atoms with Crippen LogP contribution >= 0.6 is 0 Å². The highest BCUT2D eigenvalue weighted by molar-refractivity contribution is 5.88. The molecule has 2 atom stereocenters. The number of hydrogen-bond acceptors (Lipinski definition) is 3. The molecule has 5 nitrogen and oxygen atoms in total. The van der Waals surface area contributed by atoms with Crippen molar-refractivity contribution in [3.05, 3.63) is 0 Å². The van der Waals surface area contributed by atoms with Gasteiger partial charge in [0.15, 0.2) is 0 Å². The summed E-state index contributed by atoms with van der Waals surface area (Å²) in [5.41, 5.74) is 5.51. The van der Waals surface area contributed by atoms with Gasteiger partial charge >= 0.3 is 0 Å². The molecule has 1 saturated carbocycles. The minimum atomic E-state index is -0.507. The van der Waals surface area contributed by atoms with Gasteiger partial charge in [-0.15, -0.1) is 0 Å². The van der Waals surface area contributed by atoms with E-state index >= 15 is 0 Å². The fraction of sp³-hybridized carbons (Fsp3) is 0.846. The van der Waals surface area contributed by atoms with Gasteiger partial charge in [-0.2, -0.15) is 0 Å². The molecule has 104 valence electrons. The molecule has 1 aliphatic carbocycles. The maximum atomic E-state index is 12.4. The van der Waals surface area contributed by atoms with Crippen LogP contribution in [0.1, 0.15) is 40.0 Å². The van der Waals surface area contributed by atoms with E-state index in [1.54, 1.807) is 7.05 Å². The topological polar surface area (TPSA) is 75.4 Å². The Morgan fingerprint density at radius 2 is 2.11 bits per heavy atom. The lowest BCUT2D eigenvalue weighted by Gasteiger charge is -2.32. The van der Waals surface area contributed by atoms with Gasteiger partial charge in [0.05, 0.1) is 12.0 Å². The number of nitrogens with two attached hydrogens (primary N) is 1. The molecule has 1 rings (SSSR count). The molecule has 0 saturated heterocycles. The van der Waals surface area contributed by atoms with Crippen LogP contribution in [0.25, 0.3) is 0 Å². The summed E-state index contributed by atoms with van der Waals surface area (Å²) in [6, 6.07) is -0.00839. The van der Waals surface area contributed by atoms with Gasteiger partial charge in [0.1, 0.15) is 0 Å². The Bertz CT molecular complexity index is 330. The number of amides is 2. The molecule has 2 unspecified atom stereocenters. The zero-order valence-corrected chi connectivity index (χ0v) is 11.8. The molecule has 1 fully saturated rings. The van der Waals surface area contributed by atoms with Gasteiger partial charge in [-0.1, -0.05) is 6.42 Å². The lowest BCUT2D eigenvalue weighted by molar-refractivity contribution is -0.143. The summed E-state index contributed by atoms with van der Waals surface area (Å²) in [6.45, 7) is 5.80. The maximum absolute atomic E-state index is 12.4. The largest absolute Gasteiger partial charge is 0.352 e. The second-order valence-electron chi connectivity index (χ2n) is 5.80. The molecule has 0 aromatic heterocycles. The average molecular weight is 255 g/mol. The SMILES string of the molecule is CC(C)NC(=O)CN(C)C(=O)C1(C)CCCC1N. The van der Waals surface area contributed by atoms with E-state index in [2.05, 4.69) is 5.32 Å². The number of nitrogens with zero attached hydrogens (tertiary/aromatic N) is 1. The van der Waals surface area contributed by atoms with Gasteiger partial charge in [-0.05, 0) is 33.6 Å². The monoisotopic (exact) mass is 255 g/mol. The van der Waals surface area contributed by atoms with Gasteiger partial charge in [0.2, 0.25) is 11.8 Å². The van der Waals surface area contributed by atoms with E-state index < -0.39 is 5.41 Å². The van der Waals surface area contributed by atoms with Crippen molar-refractivity contribution in [3.63, 3.8) is 0 Å². The van der Waals surface area contributed by atoms with Crippen molar-refractivity contribution in [2.75, 3.05) is 13.6 Å². The molecule has 0 spiro atoms. The number of nitrogens with one attached hydrogen (secondary N) is 1. The summed E-state index contributed by atoms with van der Waals surface area (Å²) >= 11 is 0. The van der Waals surface area contributed by atoms with Gasteiger partial charge in [-0.3, -0.25) is 9.59 Å². The molecule has 0 radical (unpaired) electrons. The van der Waals surface area contributed by atoms with Crippen LogP contribution in [-0.4, -0.2) is 42.4 Å². The minimum absolute atomic E-state index is 0.0218. The molecule has 18 heavy (non-hydrogen) atoms. The van der Waals surface area contributed by atoms with Crippen molar-refractivity contribution in [2.45, 2.75) is 52.1 Å². The van der Waals surface area contributed by atoms with Crippen molar-refractivity contribution >= 4 is 11.8 Å². The maximum Gasteiger partial charge on any atom is 0.239 e. The van der Waals surface area contributed by atoms with Gasteiger partial charge in [-0.25, -0.2) is 0 Å². The van der Waals surface area contributed by atoms with E-state index in [1.165, 1.54) is 4.90 Å². The van der Waals surface area contributed by atoms with Crippen LogP contribution in [0.15, 0.2) is 0 Å². The molecule has 0 aromatic carbocycles. The minimum Gasteiger partial charge on any atom is -0.352 e. The van der Waals surface area contributed by atoms with Crippen LogP contribution < -0.4 is 11.1 Å². The summed E-state index contributed by atoms with van der Waals surface area (Å²) < 4.78 is 0. The molecule has 0 bridgehead atoms. The molecule has 2 amide bonds. The average Bonchev–Trinajstić information content (AvgIpc) is 2.58. The predicted molar refractivity (Wildman–Crippen MR) is 70.8 cm³/mol. The van der Waals surface area contributed by atoms with E-state index in [-0.39, 0.29) is 30.4 Å². The van der Waals surface area contributed by atoms with E-state index in [4.69, 9.17) is 5.73 Å². The molecular formula is C13H25N3O2. The van der Waals surface area contributed by atoms with Crippen molar-refractivity contribution in [3.8, 4) is 0 Å². The van der Waals surface area contributed by atoms with Crippen molar-refractivity contribution in [2.24, 2.45) is 11.1 Å². The smallest absolute Gasteiger partial charge is 0.239 e. The highest BCUT2D eigenvalue weighted by Crippen LogP contribution is 2.38. The predicted octanol–water partition coefficient (Wildman–Crippen LogP) is 0.487. The number of carbonyl (C=O) groups excluding carboxylic acids is 2. The molecule has 0 aromatic rings. The van der Waals surface area contributed by atoms with E-state index in [1.807, 2.05) is 20.8 Å². The molecular weight excluding hydrogens is 230 g/mol. The van der Waals surface area contributed by atoms with Crippen LogP contribution in [0.5, 0.6) is 0 Å². The quantitative estimate of drug-likeness (QED) is 0.767. The van der Waals surface area contributed by atoms with E-state index in [9.17, 15) is 9.59 Å². The number of likely N-dealkylation sites (N-methyl/N-ethyl adjacent to an activating group) is 1. The summed E-state index contributed by atoms with van der Waals surface area (Å²) in [4.78, 5) is 25.5. The van der Waals surface area contributed by atoms with Crippen molar-refractivity contribution in [1.82, 2.24) is 10.2 Å². The highest BCUT2D eigenvalue weighted by atomic mass is 16.2. The Balaban J connectivity index is 2.59. The summed E-state index contributed by atoms with van der Waals surface area (Å²) in [5.74, 6) is -0.151. The Labute approximate surface area is 109 Å². The van der Waals surface area contributed by atoms with E-state index in [0.717, 1.165) is 19.3 Å². The number of rotatable bonds is 4. The Morgan fingerprint density at radius 3 is 2.56 bits per heavy atom. The zero-order valence-electron chi connectivity index (χ0n) is 11.8. The molecule has 5 heteroatoms. The second-order valence-corrected chi connectivity index (χ2v) is 5.80. The standard InChI is InChI=1S/C13H25N3O2/c1-9(2)15-11(17)8-16(4)12(18)13(3)7-5-6-10(13)14/h9-10H,5-8,14H2,1-4H3,(H,15,17). The van der Waals surface area contributed by atoms with Crippen LogP contribution in [0.2, 0.25) is 0 Å². The first-order valence-corrected chi connectivity index (χ1v) is 6.58. The lowest BCUT2D eigenvalue weighted by atomic mass is 9.83. The first-order chi connectivity index (χ1) is 8.27. The molecule has 1 aliphatic rings. The van der Waals surface area contributed by atoms with Crippen molar-refractivity contribution < 1.29 is 9.59 Å². The first kappa shape index (κ1) is 15.0. The third-order valence-corrected chi connectivity index (χ3v) is 3.70. The fourth-order valence-electron chi connectivity index (χ4n) is 2.55. The summed E-state index contributed by atoms with van der Waals surface area (Å²) in [5, 5.41) is 2.78. The van der Waals surface area contributed by atoms with Gasteiger partial charge in [0, 0.05) is 19.1 Å². The highest BCUT2D eigenvalue weighted by Gasteiger charge is 2.44. The summed E-state index contributed by atoms with van der Waals surface area (Å²) in [6.07, 6.45) is 2.67. The van der Waals surface area contributed by atoms with Crippen molar-refractivity contribution in [1.29, 1.82) is 0 Å². The van der Waals surface area contributed by atoms with Crippen LogP contribution in [0.3, 0.4) is 0 Å². The van der Waals surface area contributed by atoms with Gasteiger partial charge < -0.3 is 16.0 Å². The Kier molecular flexibility index (Phi) is 4.73. The third-order valence-electron chi connectivity index (χ3n) is 3.70. The lowest BCUT2D eigenvalue weighted by Crippen LogP contribution is -2.50. The molecule has 0 heterocycles. The Morgan fingerprint density at radius 1 is 1.50 bits per heavy atom. The second kappa shape index (κ2) is 5.69. The Hall–Kier alpha value is -1.10. The van der Waals surface area contributed by atoms with Gasteiger partial charge in [0.25, 0.3) is 0 Å². The van der Waals surface area contributed by atoms with Crippen LogP contribution in [0.4, 0.5) is 0 Å².